The zero-order chi connectivity index (χ0) is 23.3. The molecule has 11 heteroatoms. The molecule has 0 aliphatic carbocycles. The third-order valence-corrected chi connectivity index (χ3v) is 8.24. The van der Waals surface area contributed by atoms with Crippen molar-refractivity contribution in [1.82, 2.24) is 13.9 Å². The minimum absolute atomic E-state index is 0.0208. The first-order valence-corrected chi connectivity index (χ1v) is 13.9. The van der Waals surface area contributed by atoms with Crippen LogP contribution in [0, 0.1) is 12.7 Å². The van der Waals surface area contributed by atoms with Crippen LogP contribution in [0.1, 0.15) is 5.56 Å². The van der Waals surface area contributed by atoms with Crippen LogP contribution in [-0.2, 0) is 14.6 Å². The van der Waals surface area contributed by atoms with Gasteiger partial charge in [-0.1, -0.05) is 29.8 Å². The van der Waals surface area contributed by atoms with Crippen molar-refractivity contribution >= 4 is 56.6 Å². The van der Waals surface area contributed by atoms with Crippen LogP contribution >= 0.6 is 18.7 Å². The average molecular weight is 493 g/mol. The second kappa shape index (κ2) is 7.99. The van der Waals surface area contributed by atoms with Gasteiger partial charge >= 0.3 is 0 Å². The maximum atomic E-state index is 15.0. The van der Waals surface area contributed by atoms with E-state index in [0.29, 0.717) is 11.0 Å². The SMILES string of the molecule is Cc1ccc(S(=O)(=O)n2cc(F)c3c(Nc4ccccc4P(C)(C)=O)nc(Cl)nc32)cc1. The number of anilines is 2. The van der Waals surface area contributed by atoms with E-state index in [1.54, 1.807) is 49.7 Å². The third-order valence-electron chi connectivity index (χ3n) is 4.86. The summed E-state index contributed by atoms with van der Waals surface area (Å²) < 4.78 is 54.8. The molecule has 0 saturated heterocycles. The Balaban J connectivity index is 1.91. The molecule has 4 aromatic rings. The summed E-state index contributed by atoms with van der Waals surface area (Å²) >= 11 is 6.07. The molecule has 0 bridgehead atoms. The molecule has 0 unspecified atom stereocenters. The highest BCUT2D eigenvalue weighted by Gasteiger charge is 2.26. The topological polar surface area (TPSA) is 94.0 Å². The summed E-state index contributed by atoms with van der Waals surface area (Å²) in [6.07, 6.45) is 0.840. The van der Waals surface area contributed by atoms with E-state index >= 15 is 4.39 Å². The molecule has 32 heavy (non-hydrogen) atoms. The number of para-hydroxylation sites is 1. The molecule has 166 valence electrons. The fraction of sp³-hybridized carbons (Fsp3) is 0.143. The van der Waals surface area contributed by atoms with Gasteiger partial charge in [0.2, 0.25) is 5.28 Å². The Morgan fingerprint density at radius 3 is 2.38 bits per heavy atom. The van der Waals surface area contributed by atoms with E-state index in [1.165, 1.54) is 12.1 Å². The largest absolute Gasteiger partial charge is 0.339 e. The first-order valence-electron chi connectivity index (χ1n) is 9.46. The van der Waals surface area contributed by atoms with Crippen LogP contribution in [0.3, 0.4) is 0 Å². The Hall–Kier alpha value is -2.74. The number of benzene rings is 2. The molecule has 0 saturated carbocycles. The van der Waals surface area contributed by atoms with Gasteiger partial charge in [-0.05, 0) is 56.1 Å². The van der Waals surface area contributed by atoms with Crippen LogP contribution < -0.4 is 10.6 Å². The van der Waals surface area contributed by atoms with Gasteiger partial charge in [-0.2, -0.15) is 9.97 Å². The summed E-state index contributed by atoms with van der Waals surface area (Å²) in [5.74, 6) is -0.875. The zero-order valence-corrected chi connectivity index (χ0v) is 19.8. The predicted molar refractivity (Wildman–Crippen MR) is 125 cm³/mol. The zero-order valence-electron chi connectivity index (χ0n) is 17.4. The summed E-state index contributed by atoms with van der Waals surface area (Å²) in [7, 11) is -6.82. The van der Waals surface area contributed by atoms with Crippen molar-refractivity contribution in [1.29, 1.82) is 0 Å². The van der Waals surface area contributed by atoms with E-state index in [1.807, 2.05) is 6.92 Å². The summed E-state index contributed by atoms with van der Waals surface area (Å²) in [5.41, 5.74) is 1.12. The fourth-order valence-corrected chi connectivity index (χ4v) is 5.92. The molecule has 0 radical (unpaired) electrons. The highest BCUT2D eigenvalue weighted by atomic mass is 35.5. The molecule has 7 nitrogen and oxygen atoms in total. The van der Waals surface area contributed by atoms with Crippen LogP contribution in [0.25, 0.3) is 11.0 Å². The first-order chi connectivity index (χ1) is 15.0. The minimum Gasteiger partial charge on any atom is -0.339 e. The number of hydrogen-bond donors (Lipinski definition) is 1. The lowest BCUT2D eigenvalue weighted by Gasteiger charge is -2.15. The van der Waals surface area contributed by atoms with Gasteiger partial charge in [0.25, 0.3) is 10.0 Å². The number of fused-ring (bicyclic) bond motifs is 1. The summed E-state index contributed by atoms with van der Waals surface area (Å²) in [6.45, 7) is 5.05. The lowest BCUT2D eigenvalue weighted by molar-refractivity contribution is 0.585. The van der Waals surface area contributed by atoms with Crippen molar-refractivity contribution in [2.24, 2.45) is 0 Å². The van der Waals surface area contributed by atoms with E-state index < -0.39 is 23.0 Å². The first kappa shape index (κ1) is 22.5. The molecule has 4 rings (SSSR count). The number of rotatable bonds is 5. The molecule has 0 fully saturated rings. The number of aryl methyl sites for hydroxylation is 1. The highest BCUT2D eigenvalue weighted by Crippen LogP contribution is 2.39. The van der Waals surface area contributed by atoms with Crippen LogP contribution in [0.2, 0.25) is 5.28 Å². The smallest absolute Gasteiger partial charge is 0.269 e. The molecular weight excluding hydrogens is 474 g/mol. The molecular formula is C21H19ClFN4O3PS. The number of halogens is 2. The normalized spacial score (nSPS) is 12.3. The van der Waals surface area contributed by atoms with E-state index in [0.717, 1.165) is 15.7 Å². The number of nitrogens with zero attached hydrogens (tertiary/aromatic N) is 3. The van der Waals surface area contributed by atoms with Gasteiger partial charge < -0.3 is 9.88 Å². The van der Waals surface area contributed by atoms with Gasteiger partial charge in [0, 0.05) is 5.30 Å². The van der Waals surface area contributed by atoms with E-state index in [-0.39, 0.29) is 27.0 Å². The minimum atomic E-state index is -4.14. The van der Waals surface area contributed by atoms with Crippen molar-refractivity contribution < 1.29 is 17.4 Å². The van der Waals surface area contributed by atoms with Crippen molar-refractivity contribution in [3.05, 3.63) is 71.4 Å². The van der Waals surface area contributed by atoms with Crippen molar-refractivity contribution in [2.75, 3.05) is 18.6 Å². The molecule has 2 aromatic carbocycles. The lowest BCUT2D eigenvalue weighted by atomic mass is 10.2. The number of aromatic nitrogens is 3. The van der Waals surface area contributed by atoms with Gasteiger partial charge in [0.15, 0.2) is 11.5 Å². The van der Waals surface area contributed by atoms with Crippen LogP contribution in [-0.4, -0.2) is 35.7 Å². The Morgan fingerprint density at radius 1 is 1.06 bits per heavy atom. The second-order valence-corrected chi connectivity index (χ2v) is 13.0. The van der Waals surface area contributed by atoms with Gasteiger partial charge in [0.1, 0.15) is 13.0 Å². The maximum Gasteiger partial charge on any atom is 0.269 e. The van der Waals surface area contributed by atoms with E-state index in [9.17, 15) is 13.0 Å². The summed E-state index contributed by atoms with van der Waals surface area (Å²) in [5, 5.41) is 3.07. The molecule has 0 aliphatic rings. The Bertz CT molecular complexity index is 1500. The Labute approximate surface area is 189 Å². The standard InChI is InChI=1S/C21H19ClFN4O3PS/c1-13-8-10-14(11-9-13)32(29,30)27-12-15(23)18-19(25-21(22)26-20(18)27)24-16-6-4-5-7-17(16)31(2,3)28/h4-12H,1-3H3,(H,24,25,26). The van der Waals surface area contributed by atoms with Crippen molar-refractivity contribution in [2.45, 2.75) is 11.8 Å². The highest BCUT2D eigenvalue weighted by molar-refractivity contribution is 7.90. The van der Waals surface area contributed by atoms with Crippen LogP contribution in [0.5, 0.6) is 0 Å². The van der Waals surface area contributed by atoms with Gasteiger partial charge in [-0.15, -0.1) is 0 Å². The molecule has 2 aromatic heterocycles. The molecule has 2 heterocycles. The Kier molecular flexibility index (Phi) is 5.61. The lowest BCUT2D eigenvalue weighted by Crippen LogP contribution is -2.13. The molecule has 0 atom stereocenters. The number of nitrogens with one attached hydrogen (secondary N) is 1. The van der Waals surface area contributed by atoms with Gasteiger partial charge in [-0.3, -0.25) is 0 Å². The second-order valence-electron chi connectivity index (χ2n) is 7.62. The van der Waals surface area contributed by atoms with Crippen molar-refractivity contribution in [3.8, 4) is 0 Å². The molecule has 1 N–H and O–H groups in total. The number of hydrogen-bond acceptors (Lipinski definition) is 6. The van der Waals surface area contributed by atoms with Crippen LogP contribution in [0.15, 0.2) is 59.6 Å². The third kappa shape index (κ3) is 4.03. The Morgan fingerprint density at radius 2 is 1.72 bits per heavy atom. The molecule has 0 aliphatic heterocycles. The summed E-state index contributed by atoms with van der Waals surface area (Å²) in [4.78, 5) is 8.03. The quantitative estimate of drug-likeness (QED) is 0.319. The van der Waals surface area contributed by atoms with Gasteiger partial charge in [0.05, 0.1) is 22.2 Å². The van der Waals surface area contributed by atoms with Crippen molar-refractivity contribution in [3.63, 3.8) is 0 Å². The molecule has 0 spiro atoms. The monoisotopic (exact) mass is 492 g/mol. The van der Waals surface area contributed by atoms with E-state index in [4.69, 9.17) is 11.6 Å². The maximum absolute atomic E-state index is 15.0. The summed E-state index contributed by atoms with van der Waals surface area (Å²) in [6, 6.07) is 13.0. The molecule has 0 amide bonds. The fourth-order valence-electron chi connectivity index (χ4n) is 3.30. The van der Waals surface area contributed by atoms with Gasteiger partial charge in [-0.25, -0.2) is 16.8 Å². The average Bonchev–Trinajstić information content (AvgIpc) is 3.05. The van der Waals surface area contributed by atoms with E-state index in [2.05, 4.69) is 15.3 Å². The van der Waals surface area contributed by atoms with Crippen LogP contribution in [0.4, 0.5) is 15.9 Å². The predicted octanol–water partition coefficient (Wildman–Crippen LogP) is 4.76.